The van der Waals surface area contributed by atoms with Gasteiger partial charge in [0.15, 0.2) is 11.6 Å². The molecule has 0 radical (unpaired) electrons. The van der Waals surface area contributed by atoms with Crippen molar-refractivity contribution in [3.8, 4) is 17.2 Å². The summed E-state index contributed by atoms with van der Waals surface area (Å²) in [6.07, 6.45) is 0.633. The fraction of sp³-hybridized carbons (Fsp3) is 0.156. The van der Waals surface area contributed by atoms with Crippen LogP contribution in [0.1, 0.15) is 19.4 Å². The summed E-state index contributed by atoms with van der Waals surface area (Å²) in [5, 5.41) is 15.9. The monoisotopic (exact) mass is 615 g/mol. The van der Waals surface area contributed by atoms with Crippen LogP contribution < -0.4 is 24.8 Å². The first-order valence-corrected chi connectivity index (χ1v) is 14.7. The van der Waals surface area contributed by atoms with Gasteiger partial charge in [-0.1, -0.05) is 43.8 Å². The largest absolute Gasteiger partial charge is 0.508 e. The van der Waals surface area contributed by atoms with Gasteiger partial charge >= 0.3 is 0 Å². The molecule has 11 nitrogen and oxygen atoms in total. The van der Waals surface area contributed by atoms with Crippen LogP contribution in [0.4, 0.5) is 23.0 Å². The number of carbonyl (C=O) groups excluding carboxylic acids is 1. The summed E-state index contributed by atoms with van der Waals surface area (Å²) in [4.78, 5) is 21.6. The van der Waals surface area contributed by atoms with E-state index >= 15 is 0 Å². The Labute approximate surface area is 256 Å². The topological polar surface area (TPSA) is 152 Å². The maximum atomic E-state index is 13.5. The standard InChI is InChI=1S/C31H29N5O6S.CH4/c1-41-24-17-22(16-23(37)19-24)33-30-31(35-27-12-5-4-11-26(27)34-30)36-43(39,40)25-10-7-9-21(18-25)32-29(38)15-14-20-8-3-6-13-28(20)42-2;/h3-13,16-19,37H,14-15H2,1-2H3,(H,32,38)(H,33,34)(H,35,36);1H4. The summed E-state index contributed by atoms with van der Waals surface area (Å²) in [5.74, 6) is 0.799. The lowest BCUT2D eigenvalue weighted by Crippen LogP contribution is -2.17. The first-order valence-electron chi connectivity index (χ1n) is 13.2. The predicted molar refractivity (Wildman–Crippen MR) is 171 cm³/mol. The Morgan fingerprint density at radius 2 is 1.52 bits per heavy atom. The van der Waals surface area contributed by atoms with Crippen LogP contribution in [0, 0.1) is 0 Å². The summed E-state index contributed by atoms with van der Waals surface area (Å²) < 4.78 is 40.1. The number of rotatable bonds is 11. The number of methoxy groups -OCH3 is 2. The predicted octanol–water partition coefficient (Wildman–Crippen LogP) is 6.10. The minimum Gasteiger partial charge on any atom is -0.508 e. The van der Waals surface area contributed by atoms with Gasteiger partial charge in [-0.05, 0) is 48.4 Å². The second-order valence-electron chi connectivity index (χ2n) is 9.45. The molecule has 1 amide bonds. The van der Waals surface area contributed by atoms with Crippen molar-refractivity contribution >= 4 is 50.0 Å². The zero-order chi connectivity index (χ0) is 30.4. The molecule has 0 atom stereocenters. The van der Waals surface area contributed by atoms with E-state index in [4.69, 9.17) is 9.47 Å². The lowest BCUT2D eigenvalue weighted by Gasteiger charge is -2.15. The van der Waals surface area contributed by atoms with Crippen LogP contribution in [0.25, 0.3) is 11.0 Å². The maximum absolute atomic E-state index is 13.5. The second-order valence-corrected chi connectivity index (χ2v) is 11.1. The van der Waals surface area contributed by atoms with Gasteiger partial charge in [0.1, 0.15) is 17.2 Å². The maximum Gasteiger partial charge on any atom is 0.263 e. The van der Waals surface area contributed by atoms with E-state index < -0.39 is 10.0 Å². The quantitative estimate of drug-likeness (QED) is 0.138. The number of para-hydroxylation sites is 3. The van der Waals surface area contributed by atoms with E-state index in [0.717, 1.165) is 5.56 Å². The molecule has 0 unspecified atom stereocenters. The second kappa shape index (κ2) is 13.7. The number of ether oxygens (including phenoxy) is 2. The zero-order valence-corrected chi connectivity index (χ0v) is 24.2. The van der Waals surface area contributed by atoms with Gasteiger partial charge in [0.25, 0.3) is 10.0 Å². The summed E-state index contributed by atoms with van der Waals surface area (Å²) in [7, 11) is -1.14. The lowest BCUT2D eigenvalue weighted by atomic mass is 10.1. The van der Waals surface area contributed by atoms with Crippen molar-refractivity contribution in [3.05, 3.63) is 96.6 Å². The number of carbonyl (C=O) groups is 1. The Kier molecular flexibility index (Phi) is 9.86. The van der Waals surface area contributed by atoms with E-state index in [-0.39, 0.29) is 42.0 Å². The van der Waals surface area contributed by atoms with Crippen molar-refractivity contribution in [2.45, 2.75) is 25.2 Å². The SMILES string of the molecule is C.COc1cc(O)cc(Nc2nc3ccccc3nc2NS(=O)(=O)c2cccc(NC(=O)CCc3ccccc3OC)c2)c1. The number of anilines is 4. The molecule has 228 valence electrons. The van der Waals surface area contributed by atoms with Crippen molar-refractivity contribution < 1.29 is 27.8 Å². The Morgan fingerprint density at radius 3 is 2.25 bits per heavy atom. The van der Waals surface area contributed by atoms with Gasteiger partial charge in [0.05, 0.1) is 30.1 Å². The Balaban J connectivity index is 0.00000442. The number of hydrogen-bond acceptors (Lipinski definition) is 9. The van der Waals surface area contributed by atoms with Gasteiger partial charge in [-0.2, -0.15) is 0 Å². The molecule has 0 spiro atoms. The number of aromatic hydroxyl groups is 1. The average molecular weight is 616 g/mol. The first kappa shape index (κ1) is 31.6. The summed E-state index contributed by atoms with van der Waals surface area (Å²) >= 11 is 0. The molecule has 0 fully saturated rings. The van der Waals surface area contributed by atoms with E-state index in [1.807, 2.05) is 24.3 Å². The summed E-state index contributed by atoms with van der Waals surface area (Å²) in [6.45, 7) is 0. The highest BCUT2D eigenvalue weighted by Gasteiger charge is 2.20. The normalized spacial score (nSPS) is 10.9. The number of benzene rings is 4. The Hall–Kier alpha value is -5.36. The molecule has 0 bridgehead atoms. The molecule has 0 aliphatic heterocycles. The van der Waals surface area contributed by atoms with Crippen molar-refractivity contribution in [1.29, 1.82) is 0 Å². The molecule has 1 heterocycles. The van der Waals surface area contributed by atoms with Crippen molar-refractivity contribution in [2.24, 2.45) is 0 Å². The molecule has 0 saturated carbocycles. The lowest BCUT2D eigenvalue weighted by molar-refractivity contribution is -0.116. The van der Waals surface area contributed by atoms with Gasteiger partial charge < -0.3 is 25.2 Å². The van der Waals surface area contributed by atoms with Crippen LogP contribution in [0.3, 0.4) is 0 Å². The van der Waals surface area contributed by atoms with E-state index in [9.17, 15) is 18.3 Å². The van der Waals surface area contributed by atoms with Crippen LogP contribution in [0.2, 0.25) is 0 Å². The van der Waals surface area contributed by atoms with Gasteiger partial charge in [0, 0.05) is 36.0 Å². The number of nitrogens with zero attached hydrogens (tertiary/aromatic N) is 2. The third-order valence-corrected chi connectivity index (χ3v) is 7.77. The highest BCUT2D eigenvalue weighted by molar-refractivity contribution is 7.92. The van der Waals surface area contributed by atoms with Crippen molar-refractivity contribution in [3.63, 3.8) is 0 Å². The molecule has 0 saturated heterocycles. The molecule has 12 heteroatoms. The van der Waals surface area contributed by atoms with Crippen LogP contribution in [0.5, 0.6) is 17.2 Å². The number of hydrogen-bond donors (Lipinski definition) is 4. The molecule has 4 aromatic carbocycles. The molecule has 5 rings (SSSR count). The van der Waals surface area contributed by atoms with E-state index in [0.29, 0.717) is 40.3 Å². The highest BCUT2D eigenvalue weighted by Crippen LogP contribution is 2.31. The number of fused-ring (bicyclic) bond motifs is 1. The third kappa shape index (κ3) is 7.53. The van der Waals surface area contributed by atoms with Gasteiger partial charge in [-0.25, -0.2) is 18.4 Å². The van der Waals surface area contributed by atoms with Gasteiger partial charge in [-0.15, -0.1) is 0 Å². The minimum atomic E-state index is -4.17. The molecular formula is C32H33N5O6S. The van der Waals surface area contributed by atoms with Crippen molar-refractivity contribution in [1.82, 2.24) is 9.97 Å². The Morgan fingerprint density at radius 1 is 0.818 bits per heavy atom. The first-order chi connectivity index (χ1) is 20.7. The number of aromatic nitrogens is 2. The number of phenols is 1. The fourth-order valence-electron chi connectivity index (χ4n) is 4.38. The van der Waals surface area contributed by atoms with Crippen LogP contribution in [0.15, 0.2) is 95.9 Å². The number of phenolic OH excluding ortho intramolecular Hbond substituents is 1. The fourth-order valence-corrected chi connectivity index (χ4v) is 5.43. The van der Waals surface area contributed by atoms with E-state index in [1.165, 1.54) is 37.4 Å². The molecule has 0 aliphatic rings. The third-order valence-electron chi connectivity index (χ3n) is 6.43. The molecular weight excluding hydrogens is 582 g/mol. The smallest absolute Gasteiger partial charge is 0.263 e. The summed E-state index contributed by atoms with van der Waals surface area (Å²) in [5.41, 5.74) is 2.61. The van der Waals surface area contributed by atoms with E-state index in [1.54, 1.807) is 43.5 Å². The van der Waals surface area contributed by atoms with Crippen molar-refractivity contribution in [2.75, 3.05) is 29.6 Å². The number of amides is 1. The highest BCUT2D eigenvalue weighted by atomic mass is 32.2. The van der Waals surface area contributed by atoms with Gasteiger partial charge in [-0.3, -0.25) is 9.52 Å². The minimum absolute atomic E-state index is 0. The zero-order valence-electron chi connectivity index (χ0n) is 23.4. The van der Waals surface area contributed by atoms with Crippen LogP contribution >= 0.6 is 0 Å². The molecule has 0 aliphatic carbocycles. The van der Waals surface area contributed by atoms with Crippen LogP contribution in [-0.4, -0.2) is 43.6 Å². The molecule has 1 aromatic heterocycles. The summed E-state index contributed by atoms with van der Waals surface area (Å²) in [6, 6.07) is 24.9. The molecule has 44 heavy (non-hydrogen) atoms. The average Bonchev–Trinajstić information content (AvgIpc) is 3.00. The number of aryl methyl sites for hydroxylation is 1. The number of nitrogens with one attached hydrogen (secondary N) is 3. The van der Waals surface area contributed by atoms with Crippen LogP contribution in [-0.2, 0) is 21.2 Å². The van der Waals surface area contributed by atoms with Gasteiger partial charge in [0.2, 0.25) is 5.91 Å². The Bertz CT molecular complexity index is 1900. The van der Waals surface area contributed by atoms with E-state index in [2.05, 4.69) is 25.3 Å². The number of sulfonamides is 1. The molecule has 5 aromatic rings. The molecule has 4 N–H and O–H groups in total.